The molecule has 64 valence electrons. The van der Waals surface area contributed by atoms with E-state index in [2.05, 4.69) is 24.2 Å². The van der Waals surface area contributed by atoms with Crippen molar-refractivity contribution in [1.29, 1.82) is 0 Å². The molecule has 0 unspecified atom stereocenters. The van der Waals surface area contributed by atoms with Crippen molar-refractivity contribution in [2.75, 3.05) is 12.4 Å². The van der Waals surface area contributed by atoms with Gasteiger partial charge in [-0.05, 0) is 17.7 Å². The molecule has 3 heteroatoms. The van der Waals surface area contributed by atoms with Gasteiger partial charge in [-0.3, -0.25) is 4.98 Å². The summed E-state index contributed by atoms with van der Waals surface area (Å²) in [6, 6.07) is 3.69. The summed E-state index contributed by atoms with van der Waals surface area (Å²) >= 11 is 4.07. The highest BCUT2D eigenvalue weighted by Crippen LogP contribution is 2.07. The maximum absolute atomic E-state index is 5.35. The molecule has 0 aliphatic heterocycles. The van der Waals surface area contributed by atoms with Crippen LogP contribution in [0.15, 0.2) is 36.7 Å². The van der Waals surface area contributed by atoms with E-state index in [-0.39, 0.29) is 0 Å². The summed E-state index contributed by atoms with van der Waals surface area (Å²) in [5, 5.41) is 0. The average Bonchev–Trinajstić information content (AvgIpc) is 2.16. The van der Waals surface area contributed by atoms with Gasteiger partial charge in [0.25, 0.3) is 0 Å². The van der Waals surface area contributed by atoms with E-state index in [1.165, 1.54) is 0 Å². The molecule has 1 rings (SSSR count). The quantitative estimate of drug-likeness (QED) is 0.566. The van der Waals surface area contributed by atoms with Gasteiger partial charge in [0.1, 0.15) is 12.4 Å². The number of pyridine rings is 1. The van der Waals surface area contributed by atoms with E-state index in [9.17, 15) is 0 Å². The summed E-state index contributed by atoms with van der Waals surface area (Å²) in [5.41, 5.74) is 0.960. The maximum atomic E-state index is 5.35. The van der Waals surface area contributed by atoms with Crippen molar-refractivity contribution < 1.29 is 4.74 Å². The first-order valence-corrected chi connectivity index (χ1v) is 4.26. The largest absolute Gasteiger partial charge is 0.488 e. The Kier molecular flexibility index (Phi) is 3.67. The second-order valence-corrected chi connectivity index (χ2v) is 2.70. The molecule has 1 aromatic heterocycles. The minimum atomic E-state index is 0.509. The molecule has 0 saturated carbocycles. The standard InChI is InChI=1S/C9H11NOS/c1-8(7-12)6-11-9-3-2-4-10-5-9/h2-5,12H,1,6-7H2. The number of ether oxygens (including phenoxy) is 1. The molecule has 0 bridgehead atoms. The first kappa shape index (κ1) is 9.13. The molecule has 0 aliphatic rings. The van der Waals surface area contributed by atoms with Gasteiger partial charge in [0.05, 0.1) is 6.20 Å². The predicted molar refractivity (Wildman–Crippen MR) is 52.7 cm³/mol. The van der Waals surface area contributed by atoms with Crippen LogP contribution < -0.4 is 4.74 Å². The Morgan fingerprint density at radius 1 is 1.67 bits per heavy atom. The topological polar surface area (TPSA) is 22.1 Å². The fourth-order valence-electron chi connectivity index (χ4n) is 0.664. The van der Waals surface area contributed by atoms with E-state index in [0.29, 0.717) is 12.4 Å². The van der Waals surface area contributed by atoms with Crippen LogP contribution in [0.4, 0.5) is 0 Å². The molecule has 0 N–H and O–H groups in total. The number of hydrogen-bond acceptors (Lipinski definition) is 3. The van der Waals surface area contributed by atoms with Gasteiger partial charge in [0.2, 0.25) is 0 Å². The Bertz CT molecular complexity index is 248. The molecule has 0 saturated heterocycles. The van der Waals surface area contributed by atoms with Gasteiger partial charge in [0.15, 0.2) is 0 Å². The van der Waals surface area contributed by atoms with Crippen molar-refractivity contribution in [2.45, 2.75) is 0 Å². The Hall–Kier alpha value is -0.960. The molecule has 0 aromatic carbocycles. The summed E-state index contributed by atoms with van der Waals surface area (Å²) in [7, 11) is 0. The van der Waals surface area contributed by atoms with E-state index in [1.54, 1.807) is 12.4 Å². The summed E-state index contributed by atoms with van der Waals surface area (Å²) in [4.78, 5) is 3.91. The Labute approximate surface area is 77.7 Å². The first-order chi connectivity index (χ1) is 5.83. The third-order valence-electron chi connectivity index (χ3n) is 1.30. The number of rotatable bonds is 4. The molecule has 1 aromatic rings. The van der Waals surface area contributed by atoms with Gasteiger partial charge in [-0.2, -0.15) is 12.6 Å². The molecule has 0 atom stereocenters. The van der Waals surface area contributed by atoms with Crippen LogP contribution in [-0.2, 0) is 0 Å². The lowest BCUT2D eigenvalue weighted by Gasteiger charge is -2.05. The zero-order valence-electron chi connectivity index (χ0n) is 6.73. The second-order valence-electron chi connectivity index (χ2n) is 2.39. The normalized spacial score (nSPS) is 9.42. The molecule has 1 heterocycles. The van der Waals surface area contributed by atoms with Gasteiger partial charge in [0, 0.05) is 11.9 Å². The van der Waals surface area contributed by atoms with E-state index in [0.717, 1.165) is 11.3 Å². The molecule has 0 amide bonds. The fraction of sp³-hybridized carbons (Fsp3) is 0.222. The Morgan fingerprint density at radius 3 is 3.08 bits per heavy atom. The van der Waals surface area contributed by atoms with Crippen LogP contribution in [0.5, 0.6) is 5.75 Å². The highest BCUT2D eigenvalue weighted by molar-refractivity contribution is 7.80. The first-order valence-electron chi connectivity index (χ1n) is 3.63. The highest BCUT2D eigenvalue weighted by Gasteiger charge is 1.93. The Balaban J connectivity index is 2.38. The summed E-state index contributed by atoms with van der Waals surface area (Å²) in [6.45, 7) is 4.28. The highest BCUT2D eigenvalue weighted by atomic mass is 32.1. The summed E-state index contributed by atoms with van der Waals surface area (Å²) < 4.78 is 5.35. The van der Waals surface area contributed by atoms with E-state index in [1.807, 2.05) is 12.1 Å². The number of thiol groups is 1. The maximum Gasteiger partial charge on any atom is 0.138 e. The zero-order valence-corrected chi connectivity index (χ0v) is 7.63. The van der Waals surface area contributed by atoms with Crippen LogP contribution in [0, 0.1) is 0 Å². The smallest absolute Gasteiger partial charge is 0.138 e. The van der Waals surface area contributed by atoms with Crippen LogP contribution >= 0.6 is 12.6 Å². The van der Waals surface area contributed by atoms with Gasteiger partial charge >= 0.3 is 0 Å². The van der Waals surface area contributed by atoms with E-state index in [4.69, 9.17) is 4.74 Å². The molecular formula is C9H11NOS. The second kappa shape index (κ2) is 4.83. The van der Waals surface area contributed by atoms with E-state index < -0.39 is 0 Å². The van der Waals surface area contributed by atoms with Crippen LogP contribution in [0.25, 0.3) is 0 Å². The van der Waals surface area contributed by atoms with Crippen molar-refractivity contribution in [3.63, 3.8) is 0 Å². The number of hydrogen-bond donors (Lipinski definition) is 1. The third kappa shape index (κ3) is 2.96. The van der Waals surface area contributed by atoms with Crippen molar-refractivity contribution >= 4 is 12.6 Å². The fourth-order valence-corrected chi connectivity index (χ4v) is 0.755. The summed E-state index contributed by atoms with van der Waals surface area (Å²) in [6.07, 6.45) is 3.38. The number of nitrogens with zero attached hydrogens (tertiary/aromatic N) is 1. The van der Waals surface area contributed by atoms with Crippen molar-refractivity contribution in [1.82, 2.24) is 4.98 Å². The molecule has 0 fully saturated rings. The van der Waals surface area contributed by atoms with Gasteiger partial charge in [-0.1, -0.05) is 6.58 Å². The van der Waals surface area contributed by atoms with Crippen molar-refractivity contribution in [3.8, 4) is 5.75 Å². The van der Waals surface area contributed by atoms with E-state index >= 15 is 0 Å². The average molecular weight is 181 g/mol. The Morgan fingerprint density at radius 2 is 2.50 bits per heavy atom. The minimum Gasteiger partial charge on any atom is -0.488 e. The molecule has 2 nitrogen and oxygen atoms in total. The van der Waals surface area contributed by atoms with Crippen LogP contribution in [0.2, 0.25) is 0 Å². The minimum absolute atomic E-state index is 0.509. The lowest BCUT2D eigenvalue weighted by atomic mass is 10.4. The van der Waals surface area contributed by atoms with Gasteiger partial charge < -0.3 is 4.74 Å². The number of aromatic nitrogens is 1. The monoisotopic (exact) mass is 181 g/mol. The SMILES string of the molecule is C=C(CS)COc1cccnc1. The zero-order chi connectivity index (χ0) is 8.81. The van der Waals surface area contributed by atoms with Gasteiger partial charge in [-0.25, -0.2) is 0 Å². The van der Waals surface area contributed by atoms with Crippen molar-refractivity contribution in [2.24, 2.45) is 0 Å². The van der Waals surface area contributed by atoms with Crippen LogP contribution in [-0.4, -0.2) is 17.3 Å². The lowest BCUT2D eigenvalue weighted by Crippen LogP contribution is -2.01. The van der Waals surface area contributed by atoms with Gasteiger partial charge in [-0.15, -0.1) is 0 Å². The lowest BCUT2D eigenvalue weighted by molar-refractivity contribution is 0.352. The van der Waals surface area contributed by atoms with Crippen LogP contribution in [0.3, 0.4) is 0 Å². The molecule has 0 radical (unpaired) electrons. The van der Waals surface area contributed by atoms with Crippen molar-refractivity contribution in [3.05, 3.63) is 36.7 Å². The molecule has 12 heavy (non-hydrogen) atoms. The predicted octanol–water partition coefficient (Wildman–Crippen LogP) is 1.95. The molecule has 0 aliphatic carbocycles. The summed E-state index contributed by atoms with van der Waals surface area (Å²) in [5.74, 6) is 1.42. The molecule has 0 spiro atoms. The molecular weight excluding hydrogens is 170 g/mol. The van der Waals surface area contributed by atoms with Crippen LogP contribution in [0.1, 0.15) is 0 Å². The third-order valence-corrected chi connectivity index (χ3v) is 1.75.